The first-order chi connectivity index (χ1) is 8.57. The molecule has 96 valence electrons. The van der Waals surface area contributed by atoms with Crippen molar-refractivity contribution in [2.75, 3.05) is 13.4 Å². The van der Waals surface area contributed by atoms with Gasteiger partial charge in [-0.2, -0.15) is 0 Å². The molecular formula is C15H18O3. The van der Waals surface area contributed by atoms with Crippen LogP contribution in [0.3, 0.4) is 0 Å². The molecule has 3 heteroatoms. The first-order valence-electron chi connectivity index (χ1n) is 5.69. The van der Waals surface area contributed by atoms with Crippen molar-refractivity contribution in [2.45, 2.75) is 13.8 Å². The second kappa shape index (κ2) is 6.77. The summed E-state index contributed by atoms with van der Waals surface area (Å²) in [6.45, 7) is 11.5. The van der Waals surface area contributed by atoms with Crippen molar-refractivity contribution in [3.63, 3.8) is 0 Å². The Labute approximate surface area is 108 Å². The van der Waals surface area contributed by atoms with Gasteiger partial charge in [-0.1, -0.05) is 30.9 Å². The second-order valence-corrected chi connectivity index (χ2v) is 3.94. The molecule has 1 aromatic carbocycles. The van der Waals surface area contributed by atoms with Crippen molar-refractivity contribution in [2.24, 2.45) is 0 Å². The third-order valence-corrected chi connectivity index (χ3v) is 2.69. The van der Waals surface area contributed by atoms with Gasteiger partial charge in [0.1, 0.15) is 0 Å². The summed E-state index contributed by atoms with van der Waals surface area (Å²) in [4.78, 5) is 11.7. The number of rotatable bonds is 6. The first-order valence-corrected chi connectivity index (χ1v) is 5.69. The summed E-state index contributed by atoms with van der Waals surface area (Å²) in [6.07, 6.45) is 1.59. The van der Waals surface area contributed by atoms with Crippen molar-refractivity contribution in [1.29, 1.82) is 0 Å². The molecule has 0 spiro atoms. The fourth-order valence-corrected chi connectivity index (χ4v) is 1.50. The molecule has 1 rings (SSSR count). The minimum absolute atomic E-state index is 0.0886. The van der Waals surface area contributed by atoms with Gasteiger partial charge in [0.25, 0.3) is 0 Å². The molecule has 0 bridgehead atoms. The highest BCUT2D eigenvalue weighted by molar-refractivity contribution is 6.16. The zero-order chi connectivity index (χ0) is 13.5. The van der Waals surface area contributed by atoms with Gasteiger partial charge in [0.15, 0.2) is 6.79 Å². The van der Waals surface area contributed by atoms with E-state index < -0.39 is 5.97 Å². The maximum Gasteiger partial charge on any atom is 0.340 e. The van der Waals surface area contributed by atoms with Crippen LogP contribution in [0, 0.1) is 13.8 Å². The average molecular weight is 246 g/mol. The van der Waals surface area contributed by atoms with Gasteiger partial charge in [-0.15, -0.1) is 6.58 Å². The SMILES string of the molecule is C=CCOCOC(=O)C(=C)c1cccc(C)c1C. The van der Waals surface area contributed by atoms with E-state index in [0.717, 1.165) is 16.7 Å². The summed E-state index contributed by atoms with van der Waals surface area (Å²) in [5.41, 5.74) is 3.30. The van der Waals surface area contributed by atoms with E-state index in [1.54, 1.807) is 6.08 Å². The number of benzene rings is 1. The summed E-state index contributed by atoms with van der Waals surface area (Å²) in [6, 6.07) is 5.74. The lowest BCUT2D eigenvalue weighted by Crippen LogP contribution is -2.10. The summed E-state index contributed by atoms with van der Waals surface area (Å²) < 4.78 is 9.94. The van der Waals surface area contributed by atoms with Crippen molar-refractivity contribution in [1.82, 2.24) is 0 Å². The molecule has 0 saturated heterocycles. The van der Waals surface area contributed by atoms with Crippen LogP contribution in [0.1, 0.15) is 16.7 Å². The summed E-state index contributed by atoms with van der Waals surface area (Å²) in [5, 5.41) is 0. The molecule has 0 heterocycles. The topological polar surface area (TPSA) is 35.5 Å². The zero-order valence-corrected chi connectivity index (χ0v) is 10.9. The van der Waals surface area contributed by atoms with Crippen molar-refractivity contribution < 1.29 is 14.3 Å². The number of hydrogen-bond donors (Lipinski definition) is 0. The Morgan fingerprint density at radius 2 is 2.11 bits per heavy atom. The van der Waals surface area contributed by atoms with E-state index in [-0.39, 0.29) is 6.79 Å². The molecule has 0 radical (unpaired) electrons. The van der Waals surface area contributed by atoms with Gasteiger partial charge < -0.3 is 9.47 Å². The Hall–Kier alpha value is -1.87. The van der Waals surface area contributed by atoms with Crippen LogP contribution in [0.25, 0.3) is 5.57 Å². The van der Waals surface area contributed by atoms with E-state index in [1.165, 1.54) is 0 Å². The van der Waals surface area contributed by atoms with E-state index in [1.807, 2.05) is 32.0 Å². The molecule has 0 unspecified atom stereocenters. The molecular weight excluding hydrogens is 228 g/mol. The van der Waals surface area contributed by atoms with Crippen LogP contribution >= 0.6 is 0 Å². The number of carbonyl (C=O) groups excluding carboxylic acids is 1. The van der Waals surface area contributed by atoms with Crippen LogP contribution in [0.15, 0.2) is 37.4 Å². The van der Waals surface area contributed by atoms with E-state index in [0.29, 0.717) is 12.2 Å². The lowest BCUT2D eigenvalue weighted by atomic mass is 9.98. The summed E-state index contributed by atoms with van der Waals surface area (Å²) in [5.74, 6) is -0.465. The standard InChI is InChI=1S/C15H18O3/c1-5-9-17-10-18-15(16)13(4)14-8-6-7-11(2)12(14)3/h5-8H,1,4,9-10H2,2-3H3. The van der Waals surface area contributed by atoms with Crippen molar-refractivity contribution >= 4 is 11.5 Å². The van der Waals surface area contributed by atoms with Gasteiger partial charge in [0, 0.05) is 0 Å². The quantitative estimate of drug-likeness (QED) is 0.254. The first kappa shape index (κ1) is 14.2. The normalized spacial score (nSPS) is 9.89. The molecule has 18 heavy (non-hydrogen) atoms. The number of carbonyl (C=O) groups is 1. The van der Waals surface area contributed by atoms with Crippen molar-refractivity contribution in [3.05, 3.63) is 54.1 Å². The monoisotopic (exact) mass is 246 g/mol. The van der Waals surface area contributed by atoms with Crippen molar-refractivity contribution in [3.8, 4) is 0 Å². The molecule has 0 atom stereocenters. The highest BCUT2D eigenvalue weighted by Crippen LogP contribution is 2.21. The Morgan fingerprint density at radius 3 is 2.78 bits per heavy atom. The fraction of sp³-hybridized carbons (Fsp3) is 0.267. The summed E-state index contributed by atoms with van der Waals surface area (Å²) in [7, 11) is 0. The van der Waals surface area contributed by atoms with Crippen LogP contribution in [0.2, 0.25) is 0 Å². The Balaban J connectivity index is 2.66. The molecule has 3 nitrogen and oxygen atoms in total. The second-order valence-electron chi connectivity index (χ2n) is 3.94. The minimum Gasteiger partial charge on any atom is -0.435 e. The largest absolute Gasteiger partial charge is 0.435 e. The molecule has 0 aromatic heterocycles. The van der Waals surface area contributed by atoms with Gasteiger partial charge in [0.2, 0.25) is 0 Å². The Kier molecular flexibility index (Phi) is 5.33. The molecule has 1 aromatic rings. The lowest BCUT2D eigenvalue weighted by molar-refractivity contribution is -0.147. The third-order valence-electron chi connectivity index (χ3n) is 2.69. The average Bonchev–Trinajstić information content (AvgIpc) is 2.37. The maximum absolute atomic E-state index is 11.7. The van der Waals surface area contributed by atoms with Gasteiger partial charge >= 0.3 is 5.97 Å². The van der Waals surface area contributed by atoms with E-state index >= 15 is 0 Å². The highest BCUT2D eigenvalue weighted by atomic mass is 16.7. The number of aryl methyl sites for hydroxylation is 1. The molecule has 0 amide bonds. The van der Waals surface area contributed by atoms with E-state index in [2.05, 4.69) is 13.2 Å². The lowest BCUT2D eigenvalue weighted by Gasteiger charge is -2.11. The molecule has 0 aliphatic heterocycles. The predicted molar refractivity (Wildman–Crippen MR) is 72.1 cm³/mol. The Morgan fingerprint density at radius 1 is 1.39 bits per heavy atom. The summed E-state index contributed by atoms with van der Waals surface area (Å²) >= 11 is 0. The van der Waals surface area contributed by atoms with Crippen LogP contribution in [-0.4, -0.2) is 19.4 Å². The predicted octanol–water partition coefficient (Wildman–Crippen LogP) is 3.02. The molecule has 0 N–H and O–H groups in total. The molecule has 0 fully saturated rings. The fourth-order valence-electron chi connectivity index (χ4n) is 1.50. The van der Waals surface area contributed by atoms with Crippen LogP contribution in [0.5, 0.6) is 0 Å². The van der Waals surface area contributed by atoms with E-state index in [9.17, 15) is 4.79 Å². The van der Waals surface area contributed by atoms with Crippen LogP contribution < -0.4 is 0 Å². The van der Waals surface area contributed by atoms with Gasteiger partial charge in [-0.05, 0) is 30.5 Å². The van der Waals surface area contributed by atoms with Crippen LogP contribution in [-0.2, 0) is 14.3 Å². The van der Waals surface area contributed by atoms with E-state index in [4.69, 9.17) is 9.47 Å². The smallest absolute Gasteiger partial charge is 0.340 e. The third kappa shape index (κ3) is 3.57. The zero-order valence-electron chi connectivity index (χ0n) is 10.9. The molecule has 0 aliphatic rings. The highest BCUT2D eigenvalue weighted by Gasteiger charge is 2.13. The van der Waals surface area contributed by atoms with Gasteiger partial charge in [0.05, 0.1) is 12.2 Å². The van der Waals surface area contributed by atoms with Gasteiger partial charge in [-0.25, -0.2) is 4.79 Å². The molecule has 0 aliphatic carbocycles. The molecule has 0 saturated carbocycles. The maximum atomic E-state index is 11.7. The van der Waals surface area contributed by atoms with Gasteiger partial charge in [-0.3, -0.25) is 0 Å². The number of esters is 1. The minimum atomic E-state index is -0.465. The van der Waals surface area contributed by atoms with Crippen LogP contribution in [0.4, 0.5) is 0 Å². The number of ether oxygens (including phenoxy) is 2. The number of hydrogen-bond acceptors (Lipinski definition) is 3. The Bertz CT molecular complexity index is 461.